The lowest BCUT2D eigenvalue weighted by Gasteiger charge is -2.11. The Kier molecular flexibility index (Phi) is 5.43. The number of rotatable bonds is 6. The van der Waals surface area contributed by atoms with E-state index in [4.69, 9.17) is 0 Å². The van der Waals surface area contributed by atoms with Crippen molar-refractivity contribution in [3.05, 3.63) is 83.9 Å². The molecule has 0 aliphatic carbocycles. The van der Waals surface area contributed by atoms with E-state index in [-0.39, 0.29) is 4.90 Å². The van der Waals surface area contributed by atoms with Gasteiger partial charge >= 0.3 is 0 Å². The summed E-state index contributed by atoms with van der Waals surface area (Å²) < 4.78 is 29.6. The molecule has 0 spiro atoms. The van der Waals surface area contributed by atoms with Crippen LogP contribution in [0.25, 0.3) is 5.82 Å². The van der Waals surface area contributed by atoms with Gasteiger partial charge in [-0.2, -0.15) is 5.10 Å². The summed E-state index contributed by atoms with van der Waals surface area (Å²) in [4.78, 5) is 9.02. The number of sulfonamides is 1. The quantitative estimate of drug-likeness (QED) is 0.473. The van der Waals surface area contributed by atoms with E-state index in [0.717, 1.165) is 16.8 Å². The van der Waals surface area contributed by atoms with Gasteiger partial charge in [0, 0.05) is 29.8 Å². The Morgan fingerprint density at radius 3 is 2.29 bits per heavy atom. The molecular weight excluding hydrogens is 412 g/mol. The summed E-state index contributed by atoms with van der Waals surface area (Å²) in [5.41, 5.74) is 3.21. The molecule has 0 saturated heterocycles. The second-order valence-electron chi connectivity index (χ2n) is 7.16. The molecule has 2 heterocycles. The van der Waals surface area contributed by atoms with Gasteiger partial charge in [0.15, 0.2) is 5.82 Å². The van der Waals surface area contributed by atoms with Crippen LogP contribution in [0.4, 0.5) is 17.2 Å². The van der Waals surface area contributed by atoms with Crippen molar-refractivity contribution in [3.8, 4) is 5.82 Å². The third kappa shape index (κ3) is 4.72. The SMILES string of the molecule is Cc1nc(Nc2ccc(NS(=O)(=O)c3ccc(C)c(C)c3)cc2)cc(-n2cccn2)n1. The highest BCUT2D eigenvalue weighted by molar-refractivity contribution is 7.92. The first-order valence-corrected chi connectivity index (χ1v) is 11.1. The summed E-state index contributed by atoms with van der Waals surface area (Å²) >= 11 is 0. The highest BCUT2D eigenvalue weighted by Crippen LogP contribution is 2.22. The molecule has 0 aliphatic rings. The van der Waals surface area contributed by atoms with Gasteiger partial charge in [-0.25, -0.2) is 23.1 Å². The highest BCUT2D eigenvalue weighted by Gasteiger charge is 2.15. The largest absolute Gasteiger partial charge is 0.340 e. The number of anilines is 3. The first-order valence-electron chi connectivity index (χ1n) is 9.63. The van der Waals surface area contributed by atoms with Gasteiger partial charge < -0.3 is 5.32 Å². The van der Waals surface area contributed by atoms with Crippen molar-refractivity contribution in [2.24, 2.45) is 0 Å². The molecule has 31 heavy (non-hydrogen) atoms. The van der Waals surface area contributed by atoms with E-state index >= 15 is 0 Å². The predicted molar refractivity (Wildman–Crippen MR) is 120 cm³/mol. The van der Waals surface area contributed by atoms with Crippen LogP contribution in [0.2, 0.25) is 0 Å². The van der Waals surface area contributed by atoms with Crippen LogP contribution in [-0.2, 0) is 10.0 Å². The Labute approximate surface area is 181 Å². The molecule has 2 aromatic heterocycles. The van der Waals surface area contributed by atoms with Gasteiger partial charge in [0.25, 0.3) is 10.0 Å². The fourth-order valence-corrected chi connectivity index (χ4v) is 4.15. The first-order chi connectivity index (χ1) is 14.8. The third-order valence-electron chi connectivity index (χ3n) is 4.76. The van der Waals surface area contributed by atoms with Crippen LogP contribution < -0.4 is 10.0 Å². The van der Waals surface area contributed by atoms with Crippen LogP contribution in [0.1, 0.15) is 17.0 Å². The monoisotopic (exact) mass is 434 g/mol. The smallest absolute Gasteiger partial charge is 0.261 e. The number of hydrogen-bond donors (Lipinski definition) is 2. The average molecular weight is 435 g/mol. The minimum atomic E-state index is -3.66. The average Bonchev–Trinajstić information content (AvgIpc) is 3.26. The Morgan fingerprint density at radius 1 is 0.871 bits per heavy atom. The summed E-state index contributed by atoms with van der Waals surface area (Å²) in [6.07, 6.45) is 3.49. The van der Waals surface area contributed by atoms with Crippen molar-refractivity contribution >= 4 is 27.2 Å². The molecule has 4 rings (SSSR count). The third-order valence-corrected chi connectivity index (χ3v) is 6.14. The molecule has 2 aromatic carbocycles. The molecule has 0 saturated carbocycles. The van der Waals surface area contributed by atoms with Crippen molar-refractivity contribution in [2.75, 3.05) is 10.0 Å². The number of nitrogens with zero attached hydrogens (tertiary/aromatic N) is 4. The van der Waals surface area contributed by atoms with E-state index in [9.17, 15) is 8.42 Å². The Bertz CT molecular complexity index is 1320. The molecule has 4 aromatic rings. The molecule has 0 aliphatic heterocycles. The Hall–Kier alpha value is -3.72. The summed E-state index contributed by atoms with van der Waals surface area (Å²) in [6, 6.07) is 15.6. The van der Waals surface area contributed by atoms with Crippen LogP contribution in [0.15, 0.2) is 71.9 Å². The summed E-state index contributed by atoms with van der Waals surface area (Å²) in [6.45, 7) is 5.65. The van der Waals surface area contributed by atoms with Gasteiger partial charge in [-0.3, -0.25) is 4.72 Å². The topological polar surface area (TPSA) is 102 Å². The van der Waals surface area contributed by atoms with Crippen molar-refractivity contribution in [1.82, 2.24) is 19.7 Å². The van der Waals surface area contributed by atoms with Gasteiger partial charge in [0.1, 0.15) is 11.6 Å². The van der Waals surface area contributed by atoms with Gasteiger partial charge in [0.2, 0.25) is 0 Å². The summed E-state index contributed by atoms with van der Waals surface area (Å²) in [7, 11) is -3.66. The molecule has 9 heteroatoms. The van der Waals surface area contributed by atoms with Crippen LogP contribution >= 0.6 is 0 Å². The summed E-state index contributed by atoms with van der Waals surface area (Å²) in [5.74, 6) is 1.87. The van der Waals surface area contributed by atoms with Gasteiger partial charge in [0.05, 0.1) is 4.90 Å². The van der Waals surface area contributed by atoms with Crippen molar-refractivity contribution in [1.29, 1.82) is 0 Å². The highest BCUT2D eigenvalue weighted by atomic mass is 32.2. The fourth-order valence-electron chi connectivity index (χ4n) is 3.00. The molecule has 8 nitrogen and oxygen atoms in total. The lowest BCUT2D eigenvalue weighted by molar-refractivity contribution is 0.601. The zero-order chi connectivity index (χ0) is 22.0. The van der Waals surface area contributed by atoms with Crippen molar-refractivity contribution in [3.63, 3.8) is 0 Å². The first kappa shape index (κ1) is 20.5. The van der Waals surface area contributed by atoms with Crippen molar-refractivity contribution in [2.45, 2.75) is 25.7 Å². The van der Waals surface area contributed by atoms with Crippen LogP contribution in [0, 0.1) is 20.8 Å². The normalized spacial score (nSPS) is 11.3. The Morgan fingerprint density at radius 2 is 1.61 bits per heavy atom. The number of aromatic nitrogens is 4. The molecule has 0 amide bonds. The fraction of sp³-hybridized carbons (Fsp3) is 0.136. The maximum absolute atomic E-state index is 12.7. The van der Waals surface area contributed by atoms with Gasteiger partial charge in [-0.15, -0.1) is 0 Å². The van der Waals surface area contributed by atoms with Crippen LogP contribution in [-0.4, -0.2) is 28.2 Å². The molecular formula is C22H22N6O2S. The maximum Gasteiger partial charge on any atom is 0.261 e. The lowest BCUT2D eigenvalue weighted by Crippen LogP contribution is -2.13. The molecule has 2 N–H and O–H groups in total. The number of hydrogen-bond acceptors (Lipinski definition) is 6. The van der Waals surface area contributed by atoms with E-state index in [1.54, 1.807) is 59.4 Å². The second-order valence-corrected chi connectivity index (χ2v) is 8.85. The zero-order valence-corrected chi connectivity index (χ0v) is 18.2. The van der Waals surface area contributed by atoms with E-state index in [1.807, 2.05) is 33.0 Å². The number of benzene rings is 2. The summed E-state index contributed by atoms with van der Waals surface area (Å²) in [5, 5.41) is 7.40. The van der Waals surface area contributed by atoms with Crippen LogP contribution in [0.5, 0.6) is 0 Å². The zero-order valence-electron chi connectivity index (χ0n) is 17.4. The molecule has 0 atom stereocenters. The van der Waals surface area contributed by atoms with Gasteiger partial charge in [-0.1, -0.05) is 6.07 Å². The predicted octanol–water partition coefficient (Wildman–Crippen LogP) is 4.13. The van der Waals surface area contributed by atoms with Crippen LogP contribution in [0.3, 0.4) is 0 Å². The number of aryl methyl sites for hydroxylation is 3. The standard InChI is InChI=1S/C22H22N6O2S/c1-15-5-10-20(13-16(15)2)31(29,30)27-19-8-6-18(7-9-19)26-21-14-22(25-17(3)24-21)28-12-4-11-23-28/h4-14,27H,1-3H3,(H,24,25,26). The Balaban J connectivity index is 1.50. The molecule has 0 radical (unpaired) electrons. The second kappa shape index (κ2) is 8.19. The van der Waals surface area contributed by atoms with Gasteiger partial charge in [-0.05, 0) is 74.4 Å². The minimum absolute atomic E-state index is 0.236. The van der Waals surface area contributed by atoms with E-state index in [2.05, 4.69) is 25.1 Å². The molecule has 0 bridgehead atoms. The minimum Gasteiger partial charge on any atom is -0.340 e. The van der Waals surface area contributed by atoms with Crippen molar-refractivity contribution < 1.29 is 8.42 Å². The molecule has 0 unspecified atom stereocenters. The lowest BCUT2D eigenvalue weighted by atomic mass is 10.1. The maximum atomic E-state index is 12.7. The van der Waals surface area contributed by atoms with E-state index in [0.29, 0.717) is 23.1 Å². The van der Waals surface area contributed by atoms with E-state index in [1.165, 1.54) is 0 Å². The number of nitrogens with one attached hydrogen (secondary N) is 2. The van der Waals surface area contributed by atoms with E-state index < -0.39 is 10.0 Å². The molecule has 158 valence electrons. The molecule has 0 fully saturated rings.